The normalized spacial score (nSPS) is 21.2. The van der Waals surface area contributed by atoms with Crippen molar-refractivity contribution in [1.29, 1.82) is 0 Å². The van der Waals surface area contributed by atoms with Crippen LogP contribution in [0.1, 0.15) is 62.8 Å². The summed E-state index contributed by atoms with van der Waals surface area (Å²) in [4.78, 5) is 23.9. The van der Waals surface area contributed by atoms with Crippen LogP contribution in [0.5, 0.6) is 5.75 Å². The van der Waals surface area contributed by atoms with Gasteiger partial charge in [0.1, 0.15) is 5.75 Å². The summed E-state index contributed by atoms with van der Waals surface area (Å²) in [5, 5.41) is 1.09. The molecule has 1 unspecified atom stereocenters. The van der Waals surface area contributed by atoms with Gasteiger partial charge in [0.15, 0.2) is 0 Å². The fraction of sp³-hybridized carbons (Fsp3) is 0.462. The molecule has 4 rings (SSSR count). The lowest BCUT2D eigenvalue weighted by Crippen LogP contribution is -2.34. The molecule has 34 heavy (non-hydrogen) atoms. The van der Waals surface area contributed by atoms with E-state index in [1.54, 1.807) is 6.07 Å². The highest BCUT2D eigenvalue weighted by Gasteiger charge is 2.39. The number of benzene rings is 2. The van der Waals surface area contributed by atoms with E-state index in [-0.39, 0.29) is 23.0 Å². The van der Waals surface area contributed by atoms with Gasteiger partial charge >= 0.3 is 6.36 Å². The summed E-state index contributed by atoms with van der Waals surface area (Å²) in [5.41, 5.74) is 4.46. The van der Waals surface area contributed by atoms with Gasteiger partial charge in [-0.2, -0.15) is 0 Å². The number of halogens is 3. The third-order valence-corrected chi connectivity index (χ3v) is 7.96. The van der Waals surface area contributed by atoms with E-state index in [9.17, 15) is 22.8 Å². The van der Waals surface area contributed by atoms with Crippen LogP contribution >= 0.6 is 11.8 Å². The van der Waals surface area contributed by atoms with Gasteiger partial charge in [0.2, 0.25) is 5.91 Å². The van der Waals surface area contributed by atoms with Gasteiger partial charge in [-0.05, 0) is 77.0 Å². The van der Waals surface area contributed by atoms with Crippen molar-refractivity contribution in [3.8, 4) is 16.9 Å². The number of fused-ring (bicyclic) bond motifs is 1. The standard InChI is InChI=1S/C26H28F3NO3S/c1-14-11-17-18(25(4,5)10-9-24(17,2)3)13-16(14)21-15(12-20-22(31)30-23(32)34-20)7-6-8-19(21)33-26(27,28)29/h6-8,11,13,20H,9-10,12H2,1-5H3,(H,30,31,32). The minimum absolute atomic E-state index is 0.0438. The van der Waals surface area contributed by atoms with Gasteiger partial charge < -0.3 is 4.74 Å². The zero-order valence-electron chi connectivity index (χ0n) is 19.9. The minimum Gasteiger partial charge on any atom is -0.405 e. The number of imide groups is 1. The molecule has 2 aromatic rings. The zero-order chi connectivity index (χ0) is 25.1. The minimum atomic E-state index is -4.87. The molecule has 1 N–H and O–H groups in total. The van der Waals surface area contributed by atoms with E-state index in [2.05, 4.69) is 43.8 Å². The quantitative estimate of drug-likeness (QED) is 0.511. The number of aryl methyl sites for hydroxylation is 1. The van der Waals surface area contributed by atoms with Gasteiger partial charge in [0, 0.05) is 5.56 Å². The molecule has 0 bridgehead atoms. The number of amides is 2. The average molecular weight is 492 g/mol. The van der Waals surface area contributed by atoms with Crippen LogP contribution in [0.15, 0.2) is 30.3 Å². The molecule has 1 aliphatic carbocycles. The first-order valence-corrected chi connectivity index (χ1v) is 12.1. The maximum Gasteiger partial charge on any atom is 0.573 e. The molecule has 0 aromatic heterocycles. The molecule has 2 aliphatic rings. The molecule has 8 heteroatoms. The number of alkyl halides is 3. The number of thioether (sulfide) groups is 1. The lowest BCUT2D eigenvalue weighted by atomic mass is 9.62. The molecule has 0 spiro atoms. The van der Waals surface area contributed by atoms with Crippen molar-refractivity contribution in [3.63, 3.8) is 0 Å². The fourth-order valence-corrected chi connectivity index (χ4v) is 5.83. The Balaban J connectivity index is 1.92. The van der Waals surface area contributed by atoms with E-state index >= 15 is 0 Å². The number of rotatable bonds is 4. The predicted octanol–water partition coefficient (Wildman–Crippen LogP) is 6.80. The van der Waals surface area contributed by atoms with Crippen molar-refractivity contribution in [2.75, 3.05) is 0 Å². The summed E-state index contributed by atoms with van der Waals surface area (Å²) < 4.78 is 44.5. The lowest BCUT2D eigenvalue weighted by molar-refractivity contribution is -0.274. The lowest BCUT2D eigenvalue weighted by Gasteiger charge is -2.42. The summed E-state index contributed by atoms with van der Waals surface area (Å²) in [7, 11) is 0. The van der Waals surface area contributed by atoms with Crippen LogP contribution in [0.3, 0.4) is 0 Å². The zero-order valence-corrected chi connectivity index (χ0v) is 20.7. The average Bonchev–Trinajstić information content (AvgIpc) is 3.01. The van der Waals surface area contributed by atoms with Gasteiger partial charge in [-0.1, -0.05) is 57.7 Å². The number of hydrogen-bond donors (Lipinski definition) is 1. The van der Waals surface area contributed by atoms with Crippen molar-refractivity contribution >= 4 is 22.9 Å². The fourth-order valence-electron chi connectivity index (χ4n) is 4.98. The number of ether oxygens (including phenoxy) is 1. The largest absolute Gasteiger partial charge is 0.573 e. The first-order valence-electron chi connectivity index (χ1n) is 11.2. The Labute approximate surface area is 201 Å². The van der Waals surface area contributed by atoms with Crippen LogP contribution in [0.25, 0.3) is 11.1 Å². The molecule has 1 atom stereocenters. The third-order valence-electron chi connectivity index (χ3n) is 6.98. The highest BCUT2D eigenvalue weighted by atomic mass is 32.2. The van der Waals surface area contributed by atoms with Gasteiger partial charge in [0.25, 0.3) is 5.24 Å². The van der Waals surface area contributed by atoms with Crippen LogP contribution in [-0.4, -0.2) is 22.8 Å². The first-order chi connectivity index (χ1) is 15.7. The Hall–Kier alpha value is -2.48. The molecule has 0 radical (unpaired) electrons. The van der Waals surface area contributed by atoms with Crippen LogP contribution in [0.4, 0.5) is 18.0 Å². The Morgan fingerprint density at radius 1 is 1.06 bits per heavy atom. The van der Waals surface area contributed by atoms with Gasteiger partial charge in [-0.15, -0.1) is 13.2 Å². The van der Waals surface area contributed by atoms with Crippen LogP contribution < -0.4 is 10.1 Å². The Kier molecular flexibility index (Phi) is 6.03. The topological polar surface area (TPSA) is 55.4 Å². The Morgan fingerprint density at radius 3 is 2.24 bits per heavy atom. The second kappa shape index (κ2) is 8.33. The monoisotopic (exact) mass is 491 g/mol. The maximum absolute atomic E-state index is 13.4. The summed E-state index contributed by atoms with van der Waals surface area (Å²) in [6.45, 7) is 10.6. The van der Waals surface area contributed by atoms with Crippen molar-refractivity contribution in [3.05, 3.63) is 52.6 Å². The Bertz CT molecular complexity index is 1170. The molecule has 1 fully saturated rings. The van der Waals surface area contributed by atoms with E-state index in [1.807, 2.05) is 13.0 Å². The molecule has 2 aromatic carbocycles. The van der Waals surface area contributed by atoms with Crippen molar-refractivity contribution < 1.29 is 27.5 Å². The first kappa shape index (κ1) is 24.6. The van der Waals surface area contributed by atoms with Crippen molar-refractivity contribution in [2.45, 2.75) is 76.3 Å². The van der Waals surface area contributed by atoms with Gasteiger partial charge in [-0.25, -0.2) is 0 Å². The molecular formula is C26H28F3NO3S. The number of carbonyl (C=O) groups is 2. The van der Waals surface area contributed by atoms with Crippen LogP contribution in [0.2, 0.25) is 0 Å². The van der Waals surface area contributed by atoms with E-state index in [0.29, 0.717) is 16.7 Å². The Morgan fingerprint density at radius 2 is 1.68 bits per heavy atom. The molecule has 182 valence electrons. The number of carbonyl (C=O) groups excluding carboxylic acids is 2. The molecule has 1 aliphatic heterocycles. The summed E-state index contributed by atoms with van der Waals surface area (Å²) in [6.07, 6.45) is -2.78. The number of nitrogens with one attached hydrogen (secondary N) is 1. The molecule has 2 amide bonds. The highest BCUT2D eigenvalue weighted by molar-refractivity contribution is 8.15. The van der Waals surface area contributed by atoms with Crippen molar-refractivity contribution in [2.24, 2.45) is 0 Å². The number of hydrogen-bond acceptors (Lipinski definition) is 4. The molecule has 0 saturated carbocycles. The summed E-state index contributed by atoms with van der Waals surface area (Å²) in [5.74, 6) is -0.746. The third kappa shape index (κ3) is 4.69. The molecular weight excluding hydrogens is 463 g/mol. The molecule has 4 nitrogen and oxygen atoms in total. The van der Waals surface area contributed by atoms with E-state index in [1.165, 1.54) is 17.7 Å². The predicted molar refractivity (Wildman–Crippen MR) is 127 cm³/mol. The smallest absolute Gasteiger partial charge is 0.405 e. The maximum atomic E-state index is 13.4. The SMILES string of the molecule is Cc1cc2c(cc1-c1c(CC3SC(=O)NC3=O)cccc1OC(F)(F)F)C(C)(C)CCC2(C)C. The van der Waals surface area contributed by atoms with Gasteiger partial charge in [-0.3, -0.25) is 14.9 Å². The van der Waals surface area contributed by atoms with Crippen LogP contribution in [-0.2, 0) is 22.0 Å². The second-order valence-corrected chi connectivity index (χ2v) is 11.6. The van der Waals surface area contributed by atoms with Gasteiger partial charge in [0.05, 0.1) is 5.25 Å². The van der Waals surface area contributed by atoms with Crippen LogP contribution in [0, 0.1) is 6.92 Å². The second-order valence-electron chi connectivity index (χ2n) is 10.4. The van der Waals surface area contributed by atoms with E-state index in [4.69, 9.17) is 0 Å². The summed E-state index contributed by atoms with van der Waals surface area (Å²) >= 11 is 0.855. The van der Waals surface area contributed by atoms with Crippen molar-refractivity contribution in [1.82, 2.24) is 5.32 Å². The summed E-state index contributed by atoms with van der Waals surface area (Å²) in [6, 6.07) is 8.57. The molecule has 1 saturated heterocycles. The van der Waals surface area contributed by atoms with E-state index in [0.717, 1.165) is 35.7 Å². The highest BCUT2D eigenvalue weighted by Crippen LogP contribution is 2.49. The van der Waals surface area contributed by atoms with E-state index < -0.39 is 22.8 Å². The molecule has 1 heterocycles.